The molecule has 1 fully saturated rings. The van der Waals surface area contributed by atoms with E-state index < -0.39 is 24.4 Å². The van der Waals surface area contributed by atoms with Gasteiger partial charge in [-0.05, 0) is 67.4 Å². The average Bonchev–Trinajstić information content (AvgIpc) is 3.27. The molecule has 0 unspecified atom stereocenters. The van der Waals surface area contributed by atoms with Crippen molar-refractivity contribution < 1.29 is 28.6 Å². The van der Waals surface area contributed by atoms with Crippen LogP contribution in [0.15, 0.2) is 66.7 Å². The van der Waals surface area contributed by atoms with Gasteiger partial charge in [0, 0.05) is 24.3 Å². The molecule has 0 aliphatic carbocycles. The largest absolute Gasteiger partial charge is 0.493 e. The molecule has 3 aromatic carbocycles. The fraction of sp³-hybridized carbons (Fsp3) is 0.250. The molecule has 1 aliphatic heterocycles. The van der Waals surface area contributed by atoms with E-state index in [1.807, 2.05) is 44.2 Å². The van der Waals surface area contributed by atoms with Gasteiger partial charge in [-0.2, -0.15) is 0 Å². The first-order chi connectivity index (χ1) is 17.3. The van der Waals surface area contributed by atoms with Crippen molar-refractivity contribution in [1.29, 1.82) is 0 Å². The van der Waals surface area contributed by atoms with Gasteiger partial charge in [-0.1, -0.05) is 24.3 Å². The van der Waals surface area contributed by atoms with Crippen LogP contribution >= 0.6 is 0 Å². The molecule has 0 bridgehead atoms. The van der Waals surface area contributed by atoms with Gasteiger partial charge in [-0.25, -0.2) is 0 Å². The molecular weight excluding hydrogens is 460 g/mol. The van der Waals surface area contributed by atoms with E-state index in [-0.39, 0.29) is 18.9 Å². The van der Waals surface area contributed by atoms with E-state index in [1.165, 1.54) is 4.90 Å². The number of para-hydroxylation sites is 2. The molecule has 0 saturated carbocycles. The van der Waals surface area contributed by atoms with Crippen molar-refractivity contribution >= 4 is 29.2 Å². The SMILES string of the molecule is COc1ccccc1Oc1ccc(N2C[C@H](C(=O)OCC(=O)Nc3cc(C)ccc3C)CC2=O)cc1. The number of carbonyl (C=O) groups is 3. The minimum Gasteiger partial charge on any atom is -0.493 e. The van der Waals surface area contributed by atoms with Crippen molar-refractivity contribution in [2.45, 2.75) is 20.3 Å². The summed E-state index contributed by atoms with van der Waals surface area (Å²) >= 11 is 0. The van der Waals surface area contributed by atoms with E-state index in [4.69, 9.17) is 14.2 Å². The second-order valence-corrected chi connectivity index (χ2v) is 8.63. The number of hydrogen-bond donors (Lipinski definition) is 1. The lowest BCUT2D eigenvalue weighted by Crippen LogP contribution is -2.28. The lowest BCUT2D eigenvalue weighted by Gasteiger charge is -2.17. The molecule has 1 atom stereocenters. The van der Waals surface area contributed by atoms with Crippen LogP contribution in [0.25, 0.3) is 0 Å². The number of anilines is 2. The summed E-state index contributed by atoms with van der Waals surface area (Å²) in [5.74, 6) is -0.0527. The molecular formula is C28H28N2O6. The lowest BCUT2D eigenvalue weighted by molar-refractivity contribution is -0.151. The van der Waals surface area contributed by atoms with Crippen LogP contribution in [0.3, 0.4) is 0 Å². The van der Waals surface area contributed by atoms with Crippen molar-refractivity contribution in [3.8, 4) is 17.2 Å². The third-order valence-electron chi connectivity index (χ3n) is 5.92. The second-order valence-electron chi connectivity index (χ2n) is 8.63. The van der Waals surface area contributed by atoms with Gasteiger partial charge in [0.2, 0.25) is 5.91 Å². The summed E-state index contributed by atoms with van der Waals surface area (Å²) in [6.45, 7) is 3.59. The third kappa shape index (κ3) is 5.83. The molecule has 3 aromatic rings. The number of esters is 1. The van der Waals surface area contributed by atoms with Crippen molar-refractivity contribution in [2.75, 3.05) is 30.5 Å². The Hall–Kier alpha value is -4.33. The van der Waals surface area contributed by atoms with Crippen LogP contribution in [0.4, 0.5) is 11.4 Å². The predicted octanol–water partition coefficient (Wildman–Crippen LogP) is 4.64. The minimum atomic E-state index is -0.643. The summed E-state index contributed by atoms with van der Waals surface area (Å²) in [7, 11) is 1.57. The van der Waals surface area contributed by atoms with Crippen LogP contribution in [0.2, 0.25) is 0 Å². The summed E-state index contributed by atoms with van der Waals surface area (Å²) in [5, 5.41) is 2.76. The Bertz CT molecular complexity index is 1270. The number of aryl methyl sites for hydroxylation is 2. The molecule has 8 nitrogen and oxygen atoms in total. The Kier molecular flexibility index (Phi) is 7.53. The number of carbonyl (C=O) groups excluding carboxylic acids is 3. The molecule has 8 heteroatoms. The van der Waals surface area contributed by atoms with E-state index >= 15 is 0 Å². The Labute approximate surface area is 209 Å². The summed E-state index contributed by atoms with van der Waals surface area (Å²) < 4.78 is 16.4. The van der Waals surface area contributed by atoms with Crippen LogP contribution < -0.4 is 19.7 Å². The number of benzene rings is 3. The molecule has 186 valence electrons. The van der Waals surface area contributed by atoms with Crippen LogP contribution in [-0.4, -0.2) is 38.0 Å². The summed E-state index contributed by atoms with van der Waals surface area (Å²) in [6, 6.07) is 20.0. The monoisotopic (exact) mass is 488 g/mol. The van der Waals surface area contributed by atoms with E-state index in [0.717, 1.165) is 11.1 Å². The molecule has 1 heterocycles. The fourth-order valence-electron chi connectivity index (χ4n) is 3.95. The first kappa shape index (κ1) is 24.8. The molecule has 4 rings (SSSR count). The van der Waals surface area contributed by atoms with E-state index in [0.29, 0.717) is 28.6 Å². The molecule has 1 saturated heterocycles. The Balaban J connectivity index is 1.31. The zero-order valence-corrected chi connectivity index (χ0v) is 20.4. The van der Waals surface area contributed by atoms with E-state index in [1.54, 1.807) is 43.5 Å². The molecule has 36 heavy (non-hydrogen) atoms. The first-order valence-corrected chi connectivity index (χ1v) is 11.6. The highest BCUT2D eigenvalue weighted by Gasteiger charge is 2.36. The number of nitrogens with zero attached hydrogens (tertiary/aromatic N) is 1. The third-order valence-corrected chi connectivity index (χ3v) is 5.92. The van der Waals surface area contributed by atoms with Crippen molar-refractivity contribution in [1.82, 2.24) is 0 Å². The Morgan fingerprint density at radius 1 is 1.00 bits per heavy atom. The van der Waals surface area contributed by atoms with E-state index in [2.05, 4.69) is 5.32 Å². The Morgan fingerprint density at radius 2 is 1.72 bits per heavy atom. The summed E-state index contributed by atoms with van der Waals surface area (Å²) in [4.78, 5) is 38.9. The molecule has 1 aliphatic rings. The average molecular weight is 489 g/mol. The van der Waals surface area contributed by atoms with Gasteiger partial charge in [0.25, 0.3) is 5.91 Å². The normalized spacial score (nSPS) is 14.9. The number of amides is 2. The number of hydrogen-bond acceptors (Lipinski definition) is 6. The van der Waals surface area contributed by atoms with Crippen LogP contribution in [-0.2, 0) is 19.1 Å². The molecule has 0 aromatic heterocycles. The lowest BCUT2D eigenvalue weighted by atomic mass is 10.1. The Morgan fingerprint density at radius 3 is 2.44 bits per heavy atom. The van der Waals surface area contributed by atoms with Crippen molar-refractivity contribution in [3.05, 3.63) is 77.9 Å². The molecule has 2 amide bonds. The predicted molar refractivity (Wildman–Crippen MR) is 135 cm³/mol. The minimum absolute atomic E-state index is 0.0247. The standard InChI is InChI=1S/C28H28N2O6/c1-18-8-9-19(2)23(14-18)29-26(31)17-35-28(33)20-15-27(32)30(16-20)21-10-12-22(13-11-21)36-25-7-5-4-6-24(25)34-3/h4-14,20H,15-17H2,1-3H3,(H,29,31)/t20-/m1/s1. The summed E-state index contributed by atoms with van der Waals surface area (Å²) in [6.07, 6.45) is 0.0247. The molecule has 0 radical (unpaired) electrons. The van der Waals surface area contributed by atoms with Gasteiger partial charge in [-0.15, -0.1) is 0 Å². The number of rotatable bonds is 8. The van der Waals surface area contributed by atoms with Crippen molar-refractivity contribution in [3.63, 3.8) is 0 Å². The van der Waals surface area contributed by atoms with Crippen LogP contribution in [0, 0.1) is 19.8 Å². The van der Waals surface area contributed by atoms with E-state index in [9.17, 15) is 14.4 Å². The quantitative estimate of drug-likeness (QED) is 0.465. The zero-order valence-electron chi connectivity index (χ0n) is 20.4. The fourth-order valence-corrected chi connectivity index (χ4v) is 3.95. The number of nitrogens with one attached hydrogen (secondary N) is 1. The maximum atomic E-state index is 12.6. The van der Waals surface area contributed by atoms with Gasteiger partial charge >= 0.3 is 5.97 Å². The molecule has 1 N–H and O–H groups in total. The number of ether oxygens (including phenoxy) is 3. The van der Waals surface area contributed by atoms with Crippen molar-refractivity contribution in [2.24, 2.45) is 5.92 Å². The first-order valence-electron chi connectivity index (χ1n) is 11.6. The highest BCUT2D eigenvalue weighted by Crippen LogP contribution is 2.33. The van der Waals surface area contributed by atoms with Gasteiger partial charge < -0.3 is 24.4 Å². The second kappa shape index (κ2) is 10.9. The van der Waals surface area contributed by atoms with Gasteiger partial charge in [0.15, 0.2) is 18.1 Å². The smallest absolute Gasteiger partial charge is 0.311 e. The van der Waals surface area contributed by atoms with Crippen LogP contribution in [0.1, 0.15) is 17.5 Å². The maximum Gasteiger partial charge on any atom is 0.311 e. The maximum absolute atomic E-state index is 12.6. The van der Waals surface area contributed by atoms with Gasteiger partial charge in [0.05, 0.1) is 13.0 Å². The topological polar surface area (TPSA) is 94.2 Å². The van der Waals surface area contributed by atoms with Gasteiger partial charge in [0.1, 0.15) is 5.75 Å². The zero-order chi connectivity index (χ0) is 25.7. The van der Waals surface area contributed by atoms with Gasteiger partial charge in [-0.3, -0.25) is 14.4 Å². The highest BCUT2D eigenvalue weighted by atomic mass is 16.5. The van der Waals surface area contributed by atoms with Crippen LogP contribution in [0.5, 0.6) is 17.2 Å². The molecule has 0 spiro atoms. The highest BCUT2D eigenvalue weighted by molar-refractivity contribution is 6.00. The number of methoxy groups -OCH3 is 1. The summed E-state index contributed by atoms with van der Waals surface area (Å²) in [5.41, 5.74) is 3.25.